The molecule has 3 aromatic carbocycles. The van der Waals surface area contributed by atoms with E-state index in [4.69, 9.17) is 0 Å². The molecule has 1 heterocycles. The van der Waals surface area contributed by atoms with Crippen LogP contribution in [0.3, 0.4) is 0 Å². The Morgan fingerprint density at radius 2 is 1.24 bits per heavy atom. The standard InChI is InChI=1S/C20H14S/c1-2-6-14-10-16-12-20-18(11-15(16)9-13(14)5-1)17-7-3-4-8-19(17)21-20/h1-8,11-12H,9-10H2. The summed E-state index contributed by atoms with van der Waals surface area (Å²) in [6.45, 7) is 0. The SMILES string of the molecule is c1ccc2c(c1)Cc1cc3sc4ccccc4c3cc1C2. The summed E-state index contributed by atoms with van der Waals surface area (Å²) in [5.41, 5.74) is 5.99. The van der Waals surface area contributed by atoms with Crippen molar-refractivity contribution in [2.75, 3.05) is 0 Å². The summed E-state index contributed by atoms with van der Waals surface area (Å²) < 4.78 is 2.82. The lowest BCUT2D eigenvalue weighted by molar-refractivity contribution is 1.01. The minimum absolute atomic E-state index is 1.08. The molecule has 1 aliphatic rings. The summed E-state index contributed by atoms with van der Waals surface area (Å²) in [4.78, 5) is 0. The van der Waals surface area contributed by atoms with E-state index in [9.17, 15) is 0 Å². The molecule has 0 atom stereocenters. The monoisotopic (exact) mass is 286 g/mol. The van der Waals surface area contributed by atoms with Crippen molar-refractivity contribution in [3.8, 4) is 0 Å². The third kappa shape index (κ3) is 1.68. The molecule has 0 fully saturated rings. The van der Waals surface area contributed by atoms with Crippen LogP contribution in [0.4, 0.5) is 0 Å². The van der Waals surface area contributed by atoms with Gasteiger partial charge in [0.15, 0.2) is 0 Å². The van der Waals surface area contributed by atoms with Crippen LogP contribution in [0.5, 0.6) is 0 Å². The van der Waals surface area contributed by atoms with Crippen LogP contribution in [0.15, 0.2) is 60.7 Å². The van der Waals surface area contributed by atoms with Crippen LogP contribution in [0.1, 0.15) is 22.3 Å². The Morgan fingerprint density at radius 1 is 0.571 bits per heavy atom. The van der Waals surface area contributed by atoms with Crippen molar-refractivity contribution >= 4 is 31.5 Å². The average molecular weight is 286 g/mol. The smallest absolute Gasteiger partial charge is 0.0358 e. The second kappa shape index (κ2) is 4.19. The van der Waals surface area contributed by atoms with Crippen LogP contribution >= 0.6 is 11.3 Å². The Hall–Kier alpha value is -2.12. The Kier molecular flexibility index (Phi) is 2.30. The number of hydrogen-bond acceptors (Lipinski definition) is 1. The van der Waals surface area contributed by atoms with Crippen LogP contribution in [-0.2, 0) is 12.8 Å². The summed E-state index contributed by atoms with van der Waals surface area (Å²) in [6, 6.07) is 22.5. The second-order valence-corrected chi connectivity index (χ2v) is 6.92. The minimum Gasteiger partial charge on any atom is -0.135 e. The quantitative estimate of drug-likeness (QED) is 0.350. The van der Waals surface area contributed by atoms with Gasteiger partial charge in [0.05, 0.1) is 0 Å². The molecule has 0 bridgehead atoms. The number of fused-ring (bicyclic) bond motifs is 5. The van der Waals surface area contributed by atoms with Gasteiger partial charge in [-0.05, 0) is 53.3 Å². The van der Waals surface area contributed by atoms with E-state index in [-0.39, 0.29) is 0 Å². The zero-order valence-corrected chi connectivity index (χ0v) is 12.4. The van der Waals surface area contributed by atoms with Gasteiger partial charge in [-0.2, -0.15) is 0 Å². The first-order valence-corrected chi connectivity index (χ1v) is 8.20. The lowest BCUT2D eigenvalue weighted by Gasteiger charge is -2.19. The molecular weight excluding hydrogens is 272 g/mol. The molecule has 1 aliphatic carbocycles. The van der Waals surface area contributed by atoms with Crippen LogP contribution in [-0.4, -0.2) is 0 Å². The molecule has 0 nitrogen and oxygen atoms in total. The zero-order chi connectivity index (χ0) is 13.8. The van der Waals surface area contributed by atoms with Gasteiger partial charge < -0.3 is 0 Å². The first-order chi connectivity index (χ1) is 10.4. The van der Waals surface area contributed by atoms with E-state index in [0.29, 0.717) is 0 Å². The first-order valence-electron chi connectivity index (χ1n) is 7.38. The number of rotatable bonds is 0. The molecular formula is C20H14S. The van der Waals surface area contributed by atoms with Crippen molar-refractivity contribution in [1.29, 1.82) is 0 Å². The highest BCUT2D eigenvalue weighted by Gasteiger charge is 2.16. The molecule has 0 aliphatic heterocycles. The molecule has 1 aromatic heterocycles. The Bertz CT molecular complexity index is 991. The minimum atomic E-state index is 1.08. The Morgan fingerprint density at radius 3 is 2.05 bits per heavy atom. The lowest BCUT2D eigenvalue weighted by atomic mass is 9.85. The highest BCUT2D eigenvalue weighted by molar-refractivity contribution is 7.25. The van der Waals surface area contributed by atoms with Crippen molar-refractivity contribution in [2.45, 2.75) is 12.8 Å². The van der Waals surface area contributed by atoms with Crippen LogP contribution < -0.4 is 0 Å². The molecule has 21 heavy (non-hydrogen) atoms. The summed E-state index contributed by atoms with van der Waals surface area (Å²) in [5.74, 6) is 0. The molecule has 0 N–H and O–H groups in total. The largest absolute Gasteiger partial charge is 0.135 e. The first kappa shape index (κ1) is 11.5. The number of benzene rings is 3. The number of hydrogen-bond donors (Lipinski definition) is 0. The van der Waals surface area contributed by atoms with Crippen molar-refractivity contribution in [1.82, 2.24) is 0 Å². The summed E-state index contributed by atoms with van der Waals surface area (Å²) >= 11 is 1.92. The van der Waals surface area contributed by atoms with Gasteiger partial charge in [-0.1, -0.05) is 42.5 Å². The molecule has 4 aromatic rings. The molecule has 0 spiro atoms. The van der Waals surface area contributed by atoms with E-state index in [0.717, 1.165) is 12.8 Å². The highest BCUT2D eigenvalue weighted by atomic mass is 32.1. The summed E-state index contributed by atoms with van der Waals surface area (Å²) in [5, 5.41) is 2.83. The Labute approximate surface area is 127 Å². The number of thiophene rings is 1. The maximum absolute atomic E-state index is 2.43. The molecule has 5 rings (SSSR count). The molecule has 0 saturated heterocycles. The normalized spacial score (nSPS) is 13.3. The molecule has 0 radical (unpaired) electrons. The van der Waals surface area contributed by atoms with Gasteiger partial charge in [0.2, 0.25) is 0 Å². The highest BCUT2D eigenvalue weighted by Crippen LogP contribution is 2.38. The molecule has 0 saturated carbocycles. The van der Waals surface area contributed by atoms with Crippen molar-refractivity contribution in [3.05, 3.63) is 82.9 Å². The van der Waals surface area contributed by atoms with E-state index in [2.05, 4.69) is 60.7 Å². The predicted octanol–water partition coefficient (Wildman–Crippen LogP) is 5.55. The maximum Gasteiger partial charge on any atom is 0.0358 e. The summed E-state index contributed by atoms with van der Waals surface area (Å²) in [7, 11) is 0. The van der Waals surface area contributed by atoms with Gasteiger partial charge in [0, 0.05) is 20.2 Å². The fourth-order valence-corrected chi connectivity index (χ4v) is 4.65. The second-order valence-electron chi connectivity index (χ2n) is 5.84. The van der Waals surface area contributed by atoms with Crippen molar-refractivity contribution < 1.29 is 0 Å². The van der Waals surface area contributed by atoms with E-state index in [1.54, 1.807) is 0 Å². The van der Waals surface area contributed by atoms with Crippen molar-refractivity contribution in [2.24, 2.45) is 0 Å². The average Bonchev–Trinajstić information content (AvgIpc) is 2.88. The van der Waals surface area contributed by atoms with Crippen LogP contribution in [0.2, 0.25) is 0 Å². The van der Waals surface area contributed by atoms with Gasteiger partial charge in [-0.15, -0.1) is 11.3 Å². The molecule has 0 amide bonds. The van der Waals surface area contributed by atoms with Gasteiger partial charge in [0.25, 0.3) is 0 Å². The van der Waals surface area contributed by atoms with E-state index < -0.39 is 0 Å². The zero-order valence-electron chi connectivity index (χ0n) is 11.6. The maximum atomic E-state index is 2.43. The topological polar surface area (TPSA) is 0 Å². The van der Waals surface area contributed by atoms with Gasteiger partial charge >= 0.3 is 0 Å². The van der Waals surface area contributed by atoms with Gasteiger partial charge in [-0.25, -0.2) is 0 Å². The van der Waals surface area contributed by atoms with E-state index in [1.165, 1.54) is 42.4 Å². The fourth-order valence-electron chi connectivity index (χ4n) is 3.50. The third-order valence-electron chi connectivity index (χ3n) is 4.58. The third-order valence-corrected chi connectivity index (χ3v) is 5.71. The van der Waals surface area contributed by atoms with Crippen molar-refractivity contribution in [3.63, 3.8) is 0 Å². The summed E-state index contributed by atoms with van der Waals surface area (Å²) in [6.07, 6.45) is 2.15. The van der Waals surface area contributed by atoms with Crippen LogP contribution in [0.25, 0.3) is 20.2 Å². The molecule has 100 valence electrons. The predicted molar refractivity (Wildman–Crippen MR) is 91.4 cm³/mol. The van der Waals surface area contributed by atoms with E-state index >= 15 is 0 Å². The fraction of sp³-hybridized carbons (Fsp3) is 0.100. The van der Waals surface area contributed by atoms with Gasteiger partial charge in [0.1, 0.15) is 0 Å². The van der Waals surface area contributed by atoms with Gasteiger partial charge in [-0.3, -0.25) is 0 Å². The molecule has 1 heteroatoms. The lowest BCUT2D eigenvalue weighted by Crippen LogP contribution is -2.06. The van der Waals surface area contributed by atoms with E-state index in [1.807, 2.05) is 11.3 Å². The Balaban J connectivity index is 1.79. The van der Waals surface area contributed by atoms with Crippen LogP contribution in [0, 0.1) is 0 Å². The molecule has 0 unspecified atom stereocenters.